The first-order valence-corrected chi connectivity index (χ1v) is 13.1. The minimum absolute atomic E-state index is 0.0255. The van der Waals surface area contributed by atoms with Gasteiger partial charge in [-0.15, -0.1) is 0 Å². The molecule has 3 aromatic rings. The Balaban J connectivity index is 1.32. The van der Waals surface area contributed by atoms with E-state index < -0.39 is 0 Å². The number of nitrogens with zero attached hydrogens (tertiary/aromatic N) is 3. The van der Waals surface area contributed by atoms with Gasteiger partial charge in [0.05, 0.1) is 5.52 Å². The molecule has 0 spiro atoms. The highest BCUT2D eigenvalue weighted by Crippen LogP contribution is 2.38. The molecule has 0 radical (unpaired) electrons. The molecule has 2 heterocycles. The van der Waals surface area contributed by atoms with Crippen LogP contribution in [0.2, 0.25) is 0 Å². The molecule has 7 nitrogen and oxygen atoms in total. The van der Waals surface area contributed by atoms with Crippen LogP contribution in [0.5, 0.6) is 0 Å². The number of hydrogen-bond donors (Lipinski definition) is 1. The number of rotatable bonds is 9. The fourth-order valence-corrected chi connectivity index (χ4v) is 5.30. The van der Waals surface area contributed by atoms with E-state index in [1.807, 2.05) is 37.2 Å². The van der Waals surface area contributed by atoms with Crippen molar-refractivity contribution in [2.24, 2.45) is 0 Å². The zero-order valence-corrected chi connectivity index (χ0v) is 22.1. The molecule has 1 aliphatic rings. The van der Waals surface area contributed by atoms with Crippen molar-refractivity contribution in [1.29, 1.82) is 0 Å². The summed E-state index contributed by atoms with van der Waals surface area (Å²) in [7, 11) is 3.98. The highest BCUT2D eigenvalue weighted by atomic mass is 16.4. The number of unbranched alkanes of at least 4 members (excludes halogenated alkanes) is 1. The zero-order chi connectivity index (χ0) is 25.7. The van der Waals surface area contributed by atoms with Crippen LogP contribution in [0.1, 0.15) is 56.6 Å². The van der Waals surface area contributed by atoms with Crippen LogP contribution in [0, 0.1) is 0 Å². The minimum atomic E-state index is -0.306. The Kier molecular flexibility index (Phi) is 8.19. The Labute approximate surface area is 214 Å². The van der Waals surface area contributed by atoms with Crippen LogP contribution in [0.4, 0.5) is 4.79 Å². The molecule has 1 unspecified atom stereocenters. The summed E-state index contributed by atoms with van der Waals surface area (Å²) in [5.41, 5.74) is 3.74. The molecule has 0 saturated carbocycles. The van der Waals surface area contributed by atoms with E-state index in [-0.39, 0.29) is 17.3 Å². The van der Waals surface area contributed by atoms with Crippen molar-refractivity contribution in [1.82, 2.24) is 19.7 Å². The molecule has 36 heavy (non-hydrogen) atoms. The molecule has 1 aliphatic heterocycles. The number of fused-ring (bicyclic) bond motifs is 1. The molecule has 1 fully saturated rings. The number of benzene rings is 2. The van der Waals surface area contributed by atoms with Crippen LogP contribution in [-0.4, -0.2) is 59.7 Å². The number of likely N-dealkylation sites (tertiary alicyclic amines) is 1. The standard InChI is InChI=1S/C29H40N4O3/c1-29(2)21-24(23-13-14-25-26(20-23)36-28(35)32(25)19-18-31(3)4)15-17-33(29)27(34)30-16-9-8-12-22-10-6-5-7-11-22/h5-7,10-11,13-14,20,24H,8-9,12,15-19,21H2,1-4H3,(H,30,34). The van der Waals surface area contributed by atoms with Crippen molar-refractivity contribution >= 4 is 17.1 Å². The molecule has 1 aromatic heterocycles. The normalized spacial score (nSPS) is 17.6. The van der Waals surface area contributed by atoms with Gasteiger partial charge < -0.3 is 19.5 Å². The number of urea groups is 1. The van der Waals surface area contributed by atoms with Gasteiger partial charge in [-0.2, -0.15) is 0 Å². The fraction of sp³-hybridized carbons (Fsp3) is 0.517. The smallest absolute Gasteiger partial charge is 0.408 e. The molecule has 1 saturated heterocycles. The largest absolute Gasteiger partial charge is 0.419 e. The molecule has 1 N–H and O–H groups in total. The summed E-state index contributed by atoms with van der Waals surface area (Å²) in [6.07, 6.45) is 4.83. The van der Waals surface area contributed by atoms with Gasteiger partial charge >= 0.3 is 11.8 Å². The number of aromatic nitrogens is 1. The number of aryl methyl sites for hydroxylation is 1. The van der Waals surface area contributed by atoms with Crippen LogP contribution in [0.25, 0.3) is 11.1 Å². The molecule has 7 heteroatoms. The van der Waals surface area contributed by atoms with Crippen molar-refractivity contribution in [3.05, 3.63) is 70.2 Å². The quantitative estimate of drug-likeness (QED) is 0.434. The molecular formula is C29H40N4O3. The second kappa shape index (κ2) is 11.3. The van der Waals surface area contributed by atoms with Gasteiger partial charge in [0.15, 0.2) is 5.58 Å². The van der Waals surface area contributed by atoms with E-state index in [1.165, 1.54) is 11.1 Å². The maximum atomic E-state index is 13.0. The van der Waals surface area contributed by atoms with E-state index in [0.717, 1.165) is 44.2 Å². The lowest BCUT2D eigenvalue weighted by atomic mass is 9.79. The average Bonchev–Trinajstić information content (AvgIpc) is 3.16. The summed E-state index contributed by atoms with van der Waals surface area (Å²) in [6.45, 7) is 7.07. The lowest BCUT2D eigenvalue weighted by molar-refractivity contribution is 0.0924. The molecule has 1 atom stereocenters. The number of piperidine rings is 1. The average molecular weight is 493 g/mol. The number of oxazole rings is 1. The Bertz CT molecular complexity index is 1210. The maximum Gasteiger partial charge on any atom is 0.419 e. The van der Waals surface area contributed by atoms with Crippen molar-refractivity contribution in [3.8, 4) is 0 Å². The van der Waals surface area contributed by atoms with Crippen LogP contribution < -0.4 is 11.1 Å². The Hall–Kier alpha value is -3.06. The highest BCUT2D eigenvalue weighted by molar-refractivity contribution is 5.76. The summed E-state index contributed by atoms with van der Waals surface area (Å²) in [5, 5.41) is 3.13. The lowest BCUT2D eigenvalue weighted by Crippen LogP contribution is -2.55. The Morgan fingerprint density at radius 2 is 1.92 bits per heavy atom. The number of likely N-dealkylation sites (N-methyl/N-ethyl adjacent to an activating group) is 1. The summed E-state index contributed by atoms with van der Waals surface area (Å²) in [6, 6.07) is 16.6. The van der Waals surface area contributed by atoms with Crippen molar-refractivity contribution in [2.45, 2.75) is 64.0 Å². The third-order valence-electron chi connectivity index (χ3n) is 7.37. The predicted octanol–water partition coefficient (Wildman–Crippen LogP) is 4.85. The van der Waals surface area contributed by atoms with Gasteiger partial charge in [-0.05, 0) is 89.2 Å². The number of carbonyl (C=O) groups is 1. The summed E-state index contributed by atoms with van der Waals surface area (Å²) in [4.78, 5) is 29.4. The minimum Gasteiger partial charge on any atom is -0.408 e. The van der Waals surface area contributed by atoms with Crippen LogP contribution in [-0.2, 0) is 13.0 Å². The van der Waals surface area contributed by atoms with Crippen molar-refractivity contribution in [3.63, 3.8) is 0 Å². The third-order valence-corrected chi connectivity index (χ3v) is 7.37. The third kappa shape index (κ3) is 6.19. The lowest BCUT2D eigenvalue weighted by Gasteiger charge is -2.45. The summed E-state index contributed by atoms with van der Waals surface area (Å²) in [5.74, 6) is 0.00865. The molecule has 194 valence electrons. The van der Waals surface area contributed by atoms with Gasteiger partial charge in [0.1, 0.15) is 0 Å². The van der Waals surface area contributed by atoms with Gasteiger partial charge in [0, 0.05) is 31.7 Å². The topological polar surface area (TPSA) is 70.7 Å². The summed E-state index contributed by atoms with van der Waals surface area (Å²) < 4.78 is 7.29. The number of nitrogens with one attached hydrogen (secondary N) is 1. The van der Waals surface area contributed by atoms with Crippen LogP contribution in [0.3, 0.4) is 0 Å². The fourth-order valence-electron chi connectivity index (χ4n) is 5.30. The van der Waals surface area contributed by atoms with E-state index >= 15 is 0 Å². The molecule has 0 aliphatic carbocycles. The van der Waals surface area contributed by atoms with E-state index in [9.17, 15) is 9.59 Å². The van der Waals surface area contributed by atoms with Gasteiger partial charge in [-0.1, -0.05) is 36.4 Å². The highest BCUT2D eigenvalue weighted by Gasteiger charge is 2.38. The predicted molar refractivity (Wildman–Crippen MR) is 145 cm³/mol. The zero-order valence-electron chi connectivity index (χ0n) is 22.1. The van der Waals surface area contributed by atoms with E-state index in [2.05, 4.69) is 54.4 Å². The van der Waals surface area contributed by atoms with Gasteiger partial charge in [0.25, 0.3) is 0 Å². The first kappa shape index (κ1) is 26.0. The molecule has 4 rings (SSSR count). The molecule has 0 bridgehead atoms. The van der Waals surface area contributed by atoms with Crippen LogP contribution in [0.15, 0.2) is 57.7 Å². The Morgan fingerprint density at radius 3 is 2.64 bits per heavy atom. The maximum absolute atomic E-state index is 13.0. The van der Waals surface area contributed by atoms with E-state index in [0.29, 0.717) is 31.1 Å². The molecule has 2 aromatic carbocycles. The number of hydrogen-bond acceptors (Lipinski definition) is 4. The van der Waals surface area contributed by atoms with Crippen molar-refractivity contribution in [2.75, 3.05) is 33.7 Å². The monoisotopic (exact) mass is 492 g/mol. The number of amides is 2. The first-order chi connectivity index (χ1) is 17.2. The Morgan fingerprint density at radius 1 is 1.14 bits per heavy atom. The second-order valence-electron chi connectivity index (χ2n) is 10.9. The van der Waals surface area contributed by atoms with Crippen molar-refractivity contribution < 1.29 is 9.21 Å². The van der Waals surface area contributed by atoms with E-state index in [4.69, 9.17) is 4.42 Å². The molecule has 2 amide bonds. The van der Waals surface area contributed by atoms with Gasteiger partial charge in [-0.25, -0.2) is 9.59 Å². The molecular weight excluding hydrogens is 452 g/mol. The van der Waals surface area contributed by atoms with Crippen LogP contribution >= 0.6 is 0 Å². The van der Waals surface area contributed by atoms with Gasteiger partial charge in [-0.3, -0.25) is 4.57 Å². The SMILES string of the molecule is CN(C)CCn1c(=O)oc2cc(C3CCN(C(=O)NCCCCc4ccccc4)C(C)(C)C3)ccc21. The van der Waals surface area contributed by atoms with E-state index in [1.54, 1.807) is 4.57 Å². The summed E-state index contributed by atoms with van der Waals surface area (Å²) >= 11 is 0. The van der Waals surface area contributed by atoms with Gasteiger partial charge in [0.2, 0.25) is 0 Å². The number of carbonyl (C=O) groups excluding carboxylic acids is 1. The second-order valence-corrected chi connectivity index (χ2v) is 10.9. The first-order valence-electron chi connectivity index (χ1n) is 13.1.